The maximum absolute atomic E-state index is 5.42. The summed E-state index contributed by atoms with van der Waals surface area (Å²) >= 11 is 0. The Labute approximate surface area is 87.8 Å². The molecule has 0 fully saturated rings. The number of nitrogens with zero attached hydrogens (tertiary/aromatic N) is 5. The Morgan fingerprint density at radius 1 is 1.27 bits per heavy atom. The molecule has 0 aromatic carbocycles. The van der Waals surface area contributed by atoms with E-state index in [-0.39, 0.29) is 0 Å². The lowest BCUT2D eigenvalue weighted by Crippen LogP contribution is -2.05. The van der Waals surface area contributed by atoms with E-state index in [0.29, 0.717) is 12.4 Å². The van der Waals surface area contributed by atoms with E-state index in [0.717, 1.165) is 19.5 Å². The van der Waals surface area contributed by atoms with Gasteiger partial charge in [0.25, 0.3) is 0 Å². The second-order valence-electron chi connectivity index (χ2n) is 3.28. The van der Waals surface area contributed by atoms with Crippen LogP contribution in [0.3, 0.4) is 0 Å². The van der Waals surface area contributed by atoms with Crippen molar-refractivity contribution in [2.45, 2.75) is 26.1 Å². The van der Waals surface area contributed by atoms with Crippen LogP contribution in [0.5, 0.6) is 0 Å². The van der Waals surface area contributed by atoms with Crippen LogP contribution in [0.2, 0.25) is 0 Å². The van der Waals surface area contributed by atoms with E-state index in [4.69, 9.17) is 5.73 Å². The van der Waals surface area contributed by atoms with Crippen molar-refractivity contribution in [2.24, 2.45) is 5.73 Å². The summed E-state index contributed by atoms with van der Waals surface area (Å²) in [6.45, 7) is 2.19. The average molecular weight is 206 g/mol. The van der Waals surface area contributed by atoms with Gasteiger partial charge in [0.15, 0.2) is 5.82 Å². The first-order chi connectivity index (χ1) is 7.38. The number of imidazole rings is 1. The first-order valence-corrected chi connectivity index (χ1v) is 4.92. The summed E-state index contributed by atoms with van der Waals surface area (Å²) in [7, 11) is 0. The third kappa shape index (κ3) is 2.63. The Bertz CT molecular complexity index is 390. The molecule has 0 radical (unpaired) electrons. The van der Waals surface area contributed by atoms with Gasteiger partial charge >= 0.3 is 0 Å². The average Bonchev–Trinajstić information content (AvgIpc) is 2.88. The fourth-order valence-corrected chi connectivity index (χ4v) is 1.37. The number of hydrogen-bond donors (Lipinski definition) is 1. The third-order valence-corrected chi connectivity index (χ3v) is 2.13. The van der Waals surface area contributed by atoms with E-state index in [1.807, 2.05) is 21.8 Å². The molecule has 0 aliphatic heterocycles. The molecule has 0 aliphatic carbocycles. The predicted molar refractivity (Wildman–Crippen MR) is 54.8 cm³/mol. The van der Waals surface area contributed by atoms with E-state index in [1.165, 1.54) is 0 Å². The summed E-state index contributed by atoms with van der Waals surface area (Å²) in [4.78, 5) is 8.03. The summed E-state index contributed by atoms with van der Waals surface area (Å²) in [6, 6.07) is 0. The standard InChI is InChI=1S/C9H14N6/c10-6-9-12-8-15(13-9)4-1-3-14-5-2-11-7-14/h2,5,7-8H,1,3-4,6,10H2. The molecule has 0 amide bonds. The maximum Gasteiger partial charge on any atom is 0.164 e. The highest BCUT2D eigenvalue weighted by atomic mass is 15.3. The lowest BCUT2D eigenvalue weighted by Gasteiger charge is -2.01. The van der Waals surface area contributed by atoms with Gasteiger partial charge in [-0.1, -0.05) is 0 Å². The summed E-state index contributed by atoms with van der Waals surface area (Å²) in [5.74, 6) is 0.692. The molecular weight excluding hydrogens is 192 g/mol. The first-order valence-electron chi connectivity index (χ1n) is 4.92. The summed E-state index contributed by atoms with van der Waals surface area (Å²) in [6.07, 6.45) is 8.27. The summed E-state index contributed by atoms with van der Waals surface area (Å²) in [5.41, 5.74) is 5.42. The van der Waals surface area contributed by atoms with E-state index in [9.17, 15) is 0 Å². The molecule has 80 valence electrons. The molecule has 2 aromatic rings. The Kier molecular flexibility index (Phi) is 3.08. The number of nitrogens with two attached hydrogens (primary N) is 1. The van der Waals surface area contributed by atoms with Gasteiger partial charge in [-0.05, 0) is 6.42 Å². The van der Waals surface area contributed by atoms with Gasteiger partial charge in [0.05, 0.1) is 12.9 Å². The zero-order chi connectivity index (χ0) is 10.5. The van der Waals surface area contributed by atoms with Gasteiger partial charge < -0.3 is 10.3 Å². The van der Waals surface area contributed by atoms with Crippen LogP contribution in [0.25, 0.3) is 0 Å². The van der Waals surface area contributed by atoms with Gasteiger partial charge in [0.2, 0.25) is 0 Å². The monoisotopic (exact) mass is 206 g/mol. The van der Waals surface area contributed by atoms with E-state index in [1.54, 1.807) is 12.5 Å². The molecule has 6 heteroatoms. The second kappa shape index (κ2) is 4.70. The van der Waals surface area contributed by atoms with Crippen LogP contribution in [-0.2, 0) is 19.6 Å². The molecule has 0 saturated carbocycles. The maximum atomic E-state index is 5.42. The minimum Gasteiger partial charge on any atom is -0.337 e. The van der Waals surface area contributed by atoms with Crippen molar-refractivity contribution in [3.63, 3.8) is 0 Å². The molecule has 0 bridgehead atoms. The number of hydrogen-bond acceptors (Lipinski definition) is 4. The number of aromatic nitrogens is 5. The first kappa shape index (κ1) is 9.85. The molecule has 0 unspecified atom stereocenters. The zero-order valence-electron chi connectivity index (χ0n) is 8.45. The predicted octanol–water partition coefficient (Wildman–Crippen LogP) is 0.0236. The van der Waals surface area contributed by atoms with Crippen LogP contribution in [-0.4, -0.2) is 24.3 Å². The van der Waals surface area contributed by atoms with E-state index >= 15 is 0 Å². The van der Waals surface area contributed by atoms with Crippen molar-refractivity contribution in [1.82, 2.24) is 24.3 Å². The highest BCUT2D eigenvalue weighted by molar-refractivity contribution is 4.79. The highest BCUT2D eigenvalue weighted by Gasteiger charge is 1.97. The molecule has 2 heterocycles. The number of rotatable bonds is 5. The van der Waals surface area contributed by atoms with Crippen LogP contribution in [0.4, 0.5) is 0 Å². The Hall–Kier alpha value is -1.69. The smallest absolute Gasteiger partial charge is 0.164 e. The molecule has 0 saturated heterocycles. The molecular formula is C9H14N6. The number of aryl methyl sites for hydroxylation is 2. The van der Waals surface area contributed by atoms with Crippen molar-refractivity contribution < 1.29 is 0 Å². The van der Waals surface area contributed by atoms with Crippen molar-refractivity contribution in [1.29, 1.82) is 0 Å². The molecule has 2 rings (SSSR count). The van der Waals surface area contributed by atoms with Crippen LogP contribution < -0.4 is 5.73 Å². The largest absolute Gasteiger partial charge is 0.337 e. The van der Waals surface area contributed by atoms with Crippen molar-refractivity contribution in [3.05, 3.63) is 30.9 Å². The summed E-state index contributed by atoms with van der Waals surface area (Å²) < 4.78 is 3.86. The fraction of sp³-hybridized carbons (Fsp3) is 0.444. The quantitative estimate of drug-likeness (QED) is 0.748. The molecule has 0 atom stereocenters. The van der Waals surface area contributed by atoms with Crippen LogP contribution in [0.15, 0.2) is 25.0 Å². The van der Waals surface area contributed by atoms with Gasteiger partial charge in [-0.2, -0.15) is 5.10 Å². The zero-order valence-corrected chi connectivity index (χ0v) is 8.45. The Balaban J connectivity index is 1.78. The second-order valence-corrected chi connectivity index (χ2v) is 3.28. The van der Waals surface area contributed by atoms with Crippen LogP contribution >= 0.6 is 0 Å². The van der Waals surface area contributed by atoms with Gasteiger partial charge in [-0.3, -0.25) is 4.68 Å². The minimum atomic E-state index is 0.397. The van der Waals surface area contributed by atoms with E-state index in [2.05, 4.69) is 15.1 Å². The third-order valence-electron chi connectivity index (χ3n) is 2.13. The molecule has 0 aliphatic rings. The Morgan fingerprint density at radius 2 is 2.20 bits per heavy atom. The van der Waals surface area contributed by atoms with Gasteiger partial charge in [-0.15, -0.1) is 0 Å². The molecule has 0 spiro atoms. The minimum absolute atomic E-state index is 0.397. The molecule has 2 N–H and O–H groups in total. The van der Waals surface area contributed by atoms with E-state index < -0.39 is 0 Å². The lowest BCUT2D eigenvalue weighted by molar-refractivity contribution is 0.522. The Morgan fingerprint density at radius 3 is 2.87 bits per heavy atom. The van der Waals surface area contributed by atoms with Crippen molar-refractivity contribution in [3.8, 4) is 0 Å². The molecule has 6 nitrogen and oxygen atoms in total. The molecule has 2 aromatic heterocycles. The molecule has 15 heavy (non-hydrogen) atoms. The summed E-state index contributed by atoms with van der Waals surface area (Å²) in [5, 5.41) is 4.20. The normalized spacial score (nSPS) is 10.7. The SMILES string of the molecule is NCc1ncn(CCCn2ccnc2)n1. The fourth-order valence-electron chi connectivity index (χ4n) is 1.37. The van der Waals surface area contributed by atoms with Crippen LogP contribution in [0, 0.1) is 0 Å². The lowest BCUT2D eigenvalue weighted by atomic mass is 10.4. The van der Waals surface area contributed by atoms with Gasteiger partial charge in [0.1, 0.15) is 6.33 Å². The topological polar surface area (TPSA) is 74.5 Å². The van der Waals surface area contributed by atoms with Gasteiger partial charge in [-0.25, -0.2) is 9.97 Å². The van der Waals surface area contributed by atoms with Crippen molar-refractivity contribution >= 4 is 0 Å². The highest BCUT2D eigenvalue weighted by Crippen LogP contribution is 1.95. The van der Waals surface area contributed by atoms with Crippen molar-refractivity contribution in [2.75, 3.05) is 0 Å². The van der Waals surface area contributed by atoms with Gasteiger partial charge in [0, 0.05) is 25.5 Å². The van der Waals surface area contributed by atoms with Crippen LogP contribution in [0.1, 0.15) is 12.2 Å².